The van der Waals surface area contributed by atoms with E-state index in [1.807, 2.05) is 11.1 Å². The molecule has 6 nitrogen and oxygen atoms in total. The fourth-order valence-corrected chi connectivity index (χ4v) is 4.87. The second-order valence-electron chi connectivity index (χ2n) is 7.91. The van der Waals surface area contributed by atoms with Crippen LogP contribution in [0.5, 0.6) is 0 Å². The summed E-state index contributed by atoms with van der Waals surface area (Å²) in [6, 6.07) is 0.379. The molecule has 25 heavy (non-hydrogen) atoms. The molecule has 2 aliphatic heterocycles. The molecule has 2 N–H and O–H groups in total. The second-order valence-corrected chi connectivity index (χ2v) is 7.91. The number of hydrogen-bond donors (Lipinski definition) is 2. The minimum Gasteiger partial charge on any atom is -0.375 e. The maximum Gasteiger partial charge on any atom is 0.318 e. The quantitative estimate of drug-likeness (QED) is 0.860. The van der Waals surface area contributed by atoms with Crippen molar-refractivity contribution in [2.45, 2.75) is 81.9 Å². The number of ether oxygens (including phenoxy) is 1. The molecule has 3 aliphatic rings. The van der Waals surface area contributed by atoms with Crippen LogP contribution < -0.4 is 5.32 Å². The first-order valence-corrected chi connectivity index (χ1v) is 9.96. The van der Waals surface area contributed by atoms with Crippen LogP contribution in [0.15, 0.2) is 12.4 Å². The number of nitrogens with zero attached hydrogens (tertiary/aromatic N) is 2. The summed E-state index contributed by atoms with van der Waals surface area (Å²) in [7, 11) is 0. The molecule has 4 rings (SSSR count). The van der Waals surface area contributed by atoms with Crippen LogP contribution in [0.25, 0.3) is 0 Å². The van der Waals surface area contributed by atoms with Gasteiger partial charge in [0.1, 0.15) is 5.82 Å². The van der Waals surface area contributed by atoms with Crippen molar-refractivity contribution in [2.24, 2.45) is 0 Å². The molecule has 0 radical (unpaired) electrons. The van der Waals surface area contributed by atoms with Gasteiger partial charge in [0.15, 0.2) is 0 Å². The molecule has 1 spiro atoms. The Labute approximate surface area is 149 Å². The molecule has 1 saturated carbocycles. The molecule has 1 aromatic heterocycles. The SMILES string of the molecule is O=C(N[C@@H]1CCOC2(CCCCC2)C1)N1CCCC[C@@H]1c1ncc[nH]1. The lowest BCUT2D eigenvalue weighted by Crippen LogP contribution is -2.53. The summed E-state index contributed by atoms with van der Waals surface area (Å²) in [6.45, 7) is 1.58. The number of H-pyrrole nitrogens is 1. The number of urea groups is 1. The topological polar surface area (TPSA) is 70.2 Å². The third-order valence-corrected chi connectivity index (χ3v) is 6.18. The normalized spacial score (nSPS) is 29.5. The van der Waals surface area contributed by atoms with E-state index in [-0.39, 0.29) is 23.7 Å². The predicted molar refractivity (Wildman–Crippen MR) is 95.2 cm³/mol. The van der Waals surface area contributed by atoms with Crippen molar-refractivity contribution in [1.82, 2.24) is 20.2 Å². The third-order valence-electron chi connectivity index (χ3n) is 6.18. The van der Waals surface area contributed by atoms with Gasteiger partial charge in [-0.15, -0.1) is 0 Å². The number of rotatable bonds is 2. The average molecular weight is 346 g/mol. The van der Waals surface area contributed by atoms with Gasteiger partial charge in [-0.25, -0.2) is 9.78 Å². The molecule has 0 bridgehead atoms. The van der Waals surface area contributed by atoms with Crippen molar-refractivity contribution in [3.8, 4) is 0 Å². The first-order valence-electron chi connectivity index (χ1n) is 9.96. The van der Waals surface area contributed by atoms with Crippen LogP contribution in [0.1, 0.15) is 76.1 Å². The van der Waals surface area contributed by atoms with E-state index in [0.717, 1.165) is 63.9 Å². The maximum atomic E-state index is 13.0. The summed E-state index contributed by atoms with van der Waals surface area (Å²) >= 11 is 0. The highest BCUT2D eigenvalue weighted by Gasteiger charge is 2.40. The summed E-state index contributed by atoms with van der Waals surface area (Å²) < 4.78 is 6.16. The number of aromatic nitrogens is 2. The zero-order valence-electron chi connectivity index (χ0n) is 15.0. The van der Waals surface area contributed by atoms with Crippen molar-refractivity contribution in [3.63, 3.8) is 0 Å². The van der Waals surface area contributed by atoms with Crippen molar-refractivity contribution in [1.29, 1.82) is 0 Å². The smallest absolute Gasteiger partial charge is 0.318 e. The van der Waals surface area contributed by atoms with Gasteiger partial charge >= 0.3 is 6.03 Å². The van der Waals surface area contributed by atoms with Crippen LogP contribution >= 0.6 is 0 Å². The van der Waals surface area contributed by atoms with E-state index in [9.17, 15) is 4.79 Å². The van der Waals surface area contributed by atoms with Crippen LogP contribution in [-0.4, -0.2) is 45.7 Å². The standard InChI is InChI=1S/C19H30N4O2/c24-18(23-12-5-2-6-16(23)17-20-10-11-21-17)22-15-7-13-25-19(14-15)8-3-1-4-9-19/h10-11,15-16H,1-9,12-14H2,(H,20,21)(H,22,24)/t15-,16-/m1/s1. The van der Waals surface area contributed by atoms with Gasteiger partial charge in [-0.05, 0) is 44.9 Å². The maximum absolute atomic E-state index is 13.0. The molecule has 0 unspecified atom stereocenters. The van der Waals surface area contributed by atoms with Gasteiger partial charge < -0.3 is 19.9 Å². The lowest BCUT2D eigenvalue weighted by Gasteiger charge is -2.44. The van der Waals surface area contributed by atoms with Gasteiger partial charge in [-0.2, -0.15) is 0 Å². The van der Waals surface area contributed by atoms with Crippen molar-refractivity contribution in [2.75, 3.05) is 13.2 Å². The van der Waals surface area contributed by atoms with Gasteiger partial charge in [0.2, 0.25) is 0 Å². The zero-order valence-corrected chi connectivity index (χ0v) is 15.0. The molecule has 0 aromatic carbocycles. The predicted octanol–water partition coefficient (Wildman–Crippen LogP) is 3.53. The Hall–Kier alpha value is -1.56. The number of carbonyl (C=O) groups excluding carboxylic acids is 1. The van der Waals surface area contributed by atoms with E-state index in [0.29, 0.717) is 0 Å². The van der Waals surface area contributed by atoms with Gasteiger partial charge in [0, 0.05) is 31.6 Å². The second kappa shape index (κ2) is 7.36. The number of likely N-dealkylation sites (tertiary alicyclic amines) is 1. The van der Waals surface area contributed by atoms with E-state index < -0.39 is 0 Å². The van der Waals surface area contributed by atoms with Gasteiger partial charge in [0.25, 0.3) is 0 Å². The van der Waals surface area contributed by atoms with E-state index in [1.165, 1.54) is 19.3 Å². The van der Waals surface area contributed by atoms with Crippen LogP contribution in [-0.2, 0) is 4.74 Å². The van der Waals surface area contributed by atoms with E-state index in [4.69, 9.17) is 4.74 Å². The largest absolute Gasteiger partial charge is 0.375 e. The molecule has 2 amide bonds. The minimum absolute atomic E-state index is 0.0246. The molecule has 3 heterocycles. The number of carbonyl (C=O) groups is 1. The van der Waals surface area contributed by atoms with Crippen molar-refractivity contribution in [3.05, 3.63) is 18.2 Å². The Morgan fingerprint density at radius 2 is 2.12 bits per heavy atom. The Kier molecular flexibility index (Phi) is 4.97. The molecule has 2 atom stereocenters. The number of hydrogen-bond acceptors (Lipinski definition) is 3. The molecule has 3 fully saturated rings. The highest BCUT2D eigenvalue weighted by atomic mass is 16.5. The van der Waals surface area contributed by atoms with Crippen molar-refractivity contribution >= 4 is 6.03 Å². The van der Waals surface area contributed by atoms with Crippen LogP contribution in [0.4, 0.5) is 4.79 Å². The monoisotopic (exact) mass is 346 g/mol. The number of piperidine rings is 1. The lowest BCUT2D eigenvalue weighted by atomic mass is 9.78. The Balaban J connectivity index is 1.40. The van der Waals surface area contributed by atoms with Crippen LogP contribution in [0.2, 0.25) is 0 Å². The molecule has 2 saturated heterocycles. The highest BCUT2D eigenvalue weighted by molar-refractivity contribution is 5.75. The molecule has 6 heteroatoms. The summed E-state index contributed by atoms with van der Waals surface area (Å²) in [5, 5.41) is 3.32. The number of amides is 2. The van der Waals surface area contributed by atoms with Gasteiger partial charge in [0.05, 0.1) is 11.6 Å². The number of aromatic amines is 1. The molecule has 1 aromatic rings. The zero-order chi connectivity index (χ0) is 17.1. The highest BCUT2D eigenvalue weighted by Crippen LogP contribution is 2.38. The summed E-state index contributed by atoms with van der Waals surface area (Å²) in [5.74, 6) is 0.908. The first-order chi connectivity index (χ1) is 12.3. The Morgan fingerprint density at radius 1 is 1.24 bits per heavy atom. The fraction of sp³-hybridized carbons (Fsp3) is 0.789. The number of nitrogens with one attached hydrogen (secondary N) is 2. The van der Waals surface area contributed by atoms with Crippen LogP contribution in [0, 0.1) is 0 Å². The fourth-order valence-electron chi connectivity index (χ4n) is 4.87. The van der Waals surface area contributed by atoms with Gasteiger partial charge in [-0.3, -0.25) is 0 Å². The lowest BCUT2D eigenvalue weighted by molar-refractivity contribution is -0.108. The minimum atomic E-state index is 0.0246. The summed E-state index contributed by atoms with van der Waals surface area (Å²) in [5.41, 5.74) is 0.0246. The molecule has 138 valence electrons. The van der Waals surface area contributed by atoms with Crippen LogP contribution in [0.3, 0.4) is 0 Å². The van der Waals surface area contributed by atoms with Gasteiger partial charge in [-0.1, -0.05) is 19.3 Å². The molecular weight excluding hydrogens is 316 g/mol. The first kappa shape index (κ1) is 16.9. The van der Waals surface area contributed by atoms with Crippen molar-refractivity contribution < 1.29 is 9.53 Å². The third kappa shape index (κ3) is 3.68. The average Bonchev–Trinajstić information content (AvgIpc) is 3.17. The number of imidazole rings is 1. The Bertz CT molecular complexity index is 562. The molecular formula is C19H30N4O2. The Morgan fingerprint density at radius 3 is 2.92 bits per heavy atom. The van der Waals surface area contributed by atoms with E-state index in [2.05, 4.69) is 15.3 Å². The summed E-state index contributed by atoms with van der Waals surface area (Å²) in [4.78, 5) is 22.5. The molecule has 1 aliphatic carbocycles. The van der Waals surface area contributed by atoms with E-state index in [1.54, 1.807) is 6.20 Å². The van der Waals surface area contributed by atoms with E-state index >= 15 is 0 Å². The summed E-state index contributed by atoms with van der Waals surface area (Å²) in [6.07, 6.45) is 14.8.